The van der Waals surface area contributed by atoms with E-state index in [9.17, 15) is 27.6 Å². The average molecular weight is 308 g/mol. The Bertz CT molecular complexity index is 454. The summed E-state index contributed by atoms with van der Waals surface area (Å²) in [7, 11) is 0. The number of halogens is 3. The maximum atomic E-state index is 12.3. The Morgan fingerprint density at radius 2 is 1.95 bits per heavy atom. The number of hydrogen-bond acceptors (Lipinski definition) is 4. The van der Waals surface area contributed by atoms with Crippen LogP contribution >= 0.6 is 0 Å². The van der Waals surface area contributed by atoms with Gasteiger partial charge in [-0.1, -0.05) is 0 Å². The molecule has 0 radical (unpaired) electrons. The van der Waals surface area contributed by atoms with E-state index in [2.05, 4.69) is 5.32 Å². The first-order valence-corrected chi connectivity index (χ1v) is 6.36. The molecule has 0 bridgehead atoms. The van der Waals surface area contributed by atoms with Crippen LogP contribution in [-0.2, 0) is 14.4 Å². The Balaban J connectivity index is 1.85. The van der Waals surface area contributed by atoms with Crippen molar-refractivity contribution in [2.75, 3.05) is 45.9 Å². The normalized spacial score (nSPS) is 20.9. The number of alkyl halides is 3. The first-order valence-electron chi connectivity index (χ1n) is 6.36. The van der Waals surface area contributed by atoms with Gasteiger partial charge in [-0.05, 0) is 0 Å². The van der Waals surface area contributed by atoms with E-state index < -0.39 is 18.6 Å². The Kier molecular flexibility index (Phi) is 4.35. The highest BCUT2D eigenvalue weighted by atomic mass is 19.4. The Morgan fingerprint density at radius 1 is 1.24 bits per heavy atom. The summed E-state index contributed by atoms with van der Waals surface area (Å²) in [5, 5.41) is 2.57. The molecule has 2 rings (SSSR count). The Hall–Kier alpha value is -1.84. The van der Waals surface area contributed by atoms with Gasteiger partial charge in [0.25, 0.3) is 0 Å². The number of hydrogen-bond donors (Lipinski definition) is 1. The van der Waals surface area contributed by atoms with Crippen LogP contribution in [0.3, 0.4) is 0 Å². The van der Waals surface area contributed by atoms with Crippen molar-refractivity contribution < 1.29 is 27.6 Å². The zero-order valence-electron chi connectivity index (χ0n) is 11.2. The molecule has 118 valence electrons. The van der Waals surface area contributed by atoms with Crippen molar-refractivity contribution in [1.29, 1.82) is 0 Å². The van der Waals surface area contributed by atoms with Gasteiger partial charge in [0.1, 0.15) is 6.54 Å². The number of nitrogens with one attached hydrogen (secondary N) is 1. The first kappa shape index (κ1) is 15.5. The molecule has 2 heterocycles. The maximum absolute atomic E-state index is 12.3. The quantitative estimate of drug-likeness (QED) is 0.697. The monoisotopic (exact) mass is 308 g/mol. The fourth-order valence-corrected chi connectivity index (χ4v) is 2.26. The molecule has 0 spiro atoms. The molecule has 7 nitrogen and oxygen atoms in total. The molecular weight excluding hydrogens is 293 g/mol. The lowest BCUT2D eigenvalue weighted by molar-refractivity contribution is -0.157. The molecule has 21 heavy (non-hydrogen) atoms. The van der Waals surface area contributed by atoms with Crippen LogP contribution in [0, 0.1) is 0 Å². The molecule has 2 fully saturated rings. The van der Waals surface area contributed by atoms with Crippen LogP contribution < -0.4 is 5.32 Å². The number of amides is 3. The minimum absolute atomic E-state index is 0.0626. The molecule has 0 aromatic carbocycles. The molecule has 0 aliphatic carbocycles. The highest BCUT2D eigenvalue weighted by molar-refractivity contribution is 5.87. The predicted octanol–water partition coefficient (Wildman–Crippen LogP) is -1.39. The molecule has 0 aromatic rings. The Morgan fingerprint density at radius 3 is 2.57 bits per heavy atom. The van der Waals surface area contributed by atoms with Crippen molar-refractivity contribution in [3.05, 3.63) is 0 Å². The van der Waals surface area contributed by atoms with Crippen LogP contribution in [0.2, 0.25) is 0 Å². The van der Waals surface area contributed by atoms with Crippen LogP contribution in [0.1, 0.15) is 0 Å². The standard InChI is InChI=1S/C11H15F3N4O3/c12-11(13,14)6-18-7-16(5-10(18)21)4-9(20)17-2-1-15-8(19)3-17/h1-7H2,(H,15,19). The second kappa shape index (κ2) is 5.88. The average Bonchev–Trinajstić information content (AvgIpc) is 2.67. The van der Waals surface area contributed by atoms with Crippen LogP contribution in [-0.4, -0.2) is 84.5 Å². The van der Waals surface area contributed by atoms with E-state index in [0.29, 0.717) is 18.0 Å². The highest BCUT2D eigenvalue weighted by Crippen LogP contribution is 2.19. The van der Waals surface area contributed by atoms with E-state index in [-0.39, 0.29) is 38.1 Å². The van der Waals surface area contributed by atoms with Crippen LogP contribution in [0.25, 0.3) is 0 Å². The predicted molar refractivity (Wildman–Crippen MR) is 63.8 cm³/mol. The van der Waals surface area contributed by atoms with E-state index >= 15 is 0 Å². The molecule has 3 amide bonds. The van der Waals surface area contributed by atoms with Crippen molar-refractivity contribution in [2.24, 2.45) is 0 Å². The smallest absolute Gasteiger partial charge is 0.353 e. The molecule has 1 N–H and O–H groups in total. The van der Waals surface area contributed by atoms with Crippen LogP contribution in [0.5, 0.6) is 0 Å². The summed E-state index contributed by atoms with van der Waals surface area (Å²) in [6.07, 6.45) is -4.46. The van der Waals surface area contributed by atoms with Gasteiger partial charge in [0.15, 0.2) is 0 Å². The van der Waals surface area contributed by atoms with Crippen molar-refractivity contribution in [1.82, 2.24) is 20.0 Å². The SMILES string of the molecule is O=C1CN(C(=O)CN2CC(=O)N(CC(F)(F)F)C2)CCN1. The summed E-state index contributed by atoms with van der Waals surface area (Å²) < 4.78 is 36.8. The van der Waals surface area contributed by atoms with Gasteiger partial charge in [-0.25, -0.2) is 0 Å². The van der Waals surface area contributed by atoms with Gasteiger partial charge >= 0.3 is 6.18 Å². The number of carbonyl (C=O) groups excluding carboxylic acids is 3. The largest absolute Gasteiger partial charge is 0.406 e. The lowest BCUT2D eigenvalue weighted by Gasteiger charge is -2.28. The highest BCUT2D eigenvalue weighted by Gasteiger charge is 2.38. The fraction of sp³-hybridized carbons (Fsp3) is 0.727. The molecule has 2 aliphatic rings. The summed E-state index contributed by atoms with van der Waals surface area (Å²) >= 11 is 0. The minimum Gasteiger partial charge on any atom is -0.353 e. The van der Waals surface area contributed by atoms with E-state index in [0.717, 1.165) is 0 Å². The molecule has 0 unspecified atom stereocenters. The third-order valence-electron chi connectivity index (χ3n) is 3.20. The second-order valence-corrected chi connectivity index (χ2v) is 5.00. The molecule has 0 saturated carbocycles. The number of nitrogens with zero attached hydrogens (tertiary/aromatic N) is 3. The minimum atomic E-state index is -4.46. The van der Waals surface area contributed by atoms with E-state index in [1.165, 1.54) is 9.80 Å². The topological polar surface area (TPSA) is 73.0 Å². The van der Waals surface area contributed by atoms with Crippen molar-refractivity contribution >= 4 is 17.7 Å². The van der Waals surface area contributed by atoms with E-state index in [1.54, 1.807) is 0 Å². The van der Waals surface area contributed by atoms with Gasteiger partial charge in [0.05, 0.1) is 26.3 Å². The van der Waals surface area contributed by atoms with Gasteiger partial charge < -0.3 is 15.1 Å². The second-order valence-electron chi connectivity index (χ2n) is 5.00. The summed E-state index contributed by atoms with van der Waals surface area (Å²) in [6.45, 7) is -1.29. The number of rotatable bonds is 3. The van der Waals surface area contributed by atoms with Crippen molar-refractivity contribution in [2.45, 2.75) is 6.18 Å². The van der Waals surface area contributed by atoms with E-state index in [4.69, 9.17) is 0 Å². The zero-order chi connectivity index (χ0) is 15.6. The zero-order valence-corrected chi connectivity index (χ0v) is 11.2. The van der Waals surface area contributed by atoms with Crippen molar-refractivity contribution in [3.63, 3.8) is 0 Å². The Labute approximate surface area is 118 Å². The lowest BCUT2D eigenvalue weighted by atomic mass is 10.3. The fourth-order valence-electron chi connectivity index (χ4n) is 2.26. The molecule has 0 atom stereocenters. The van der Waals surface area contributed by atoms with Crippen molar-refractivity contribution in [3.8, 4) is 0 Å². The molecule has 2 aliphatic heterocycles. The summed E-state index contributed by atoms with van der Waals surface area (Å²) in [5.41, 5.74) is 0. The van der Waals surface area contributed by atoms with Gasteiger partial charge in [0, 0.05) is 13.1 Å². The van der Waals surface area contributed by atoms with Gasteiger partial charge in [-0.2, -0.15) is 13.2 Å². The lowest BCUT2D eigenvalue weighted by Crippen LogP contribution is -2.52. The number of piperazine rings is 1. The van der Waals surface area contributed by atoms with Gasteiger partial charge in [-0.3, -0.25) is 19.3 Å². The molecule has 2 saturated heterocycles. The third kappa shape index (κ3) is 4.31. The van der Waals surface area contributed by atoms with Gasteiger partial charge in [-0.15, -0.1) is 0 Å². The first-order chi connectivity index (χ1) is 9.74. The van der Waals surface area contributed by atoms with Gasteiger partial charge in [0.2, 0.25) is 17.7 Å². The summed E-state index contributed by atoms with van der Waals surface area (Å²) in [6, 6.07) is 0. The third-order valence-corrected chi connectivity index (χ3v) is 3.20. The maximum Gasteiger partial charge on any atom is 0.406 e. The summed E-state index contributed by atoms with van der Waals surface area (Å²) in [4.78, 5) is 37.9. The summed E-state index contributed by atoms with van der Waals surface area (Å²) in [5.74, 6) is -1.30. The molecule has 0 aromatic heterocycles. The number of carbonyl (C=O) groups is 3. The molecular formula is C11H15F3N4O3. The van der Waals surface area contributed by atoms with Crippen LogP contribution in [0.15, 0.2) is 0 Å². The van der Waals surface area contributed by atoms with E-state index in [1.807, 2.05) is 0 Å². The van der Waals surface area contributed by atoms with Crippen LogP contribution in [0.4, 0.5) is 13.2 Å². The molecule has 10 heteroatoms.